The van der Waals surface area contributed by atoms with Crippen LogP contribution in [0, 0.1) is 22.7 Å². The Bertz CT molecular complexity index is 834. The summed E-state index contributed by atoms with van der Waals surface area (Å²) >= 11 is 0. The lowest BCUT2D eigenvalue weighted by molar-refractivity contribution is -0.142. The molecule has 0 aromatic carbocycles. The van der Waals surface area contributed by atoms with Crippen molar-refractivity contribution in [3.8, 4) is 0 Å². The zero-order valence-corrected chi connectivity index (χ0v) is 17.6. The zero-order valence-electron chi connectivity index (χ0n) is 17.6. The van der Waals surface area contributed by atoms with Crippen LogP contribution in [0.4, 0.5) is 0 Å². The van der Waals surface area contributed by atoms with Crippen LogP contribution in [-0.2, 0) is 19.1 Å². The monoisotopic (exact) mass is 406 g/mol. The number of hydrogen-bond acceptors (Lipinski definition) is 7. The van der Waals surface area contributed by atoms with Gasteiger partial charge in [0.05, 0.1) is 18.3 Å². The quantitative estimate of drug-likeness (QED) is 0.484. The van der Waals surface area contributed by atoms with E-state index in [-0.39, 0.29) is 28.7 Å². The maximum atomic E-state index is 13.3. The third-order valence-corrected chi connectivity index (χ3v) is 7.06. The molecule has 0 aromatic heterocycles. The Kier molecular flexibility index (Phi) is 5.28. The summed E-state index contributed by atoms with van der Waals surface area (Å²) in [5, 5.41) is 32.5. The van der Waals surface area contributed by atoms with Gasteiger partial charge in [0.25, 0.3) is 0 Å². The number of fused-ring (bicyclic) bond motifs is 2. The number of ketones is 2. The topological polar surface area (TPSA) is 121 Å². The molecule has 0 heterocycles. The Hall–Kier alpha value is -1.99. The highest BCUT2D eigenvalue weighted by molar-refractivity contribution is 6.25. The largest absolute Gasteiger partial charge is 0.504 e. The van der Waals surface area contributed by atoms with Crippen molar-refractivity contribution in [3.63, 3.8) is 0 Å². The molecule has 0 aliphatic heterocycles. The summed E-state index contributed by atoms with van der Waals surface area (Å²) in [7, 11) is 0. The summed E-state index contributed by atoms with van der Waals surface area (Å²) in [5.74, 6) is -3.70. The molecule has 0 saturated heterocycles. The first-order valence-corrected chi connectivity index (χ1v) is 10.1. The SMILES string of the molecule is CC(=O)OCC(C)C1=C(O)C(=O)C2=C(C1=O)[C@H](O)[C@@H](O)C1C(C)(C)CCC[C@]21C. The van der Waals surface area contributed by atoms with Crippen LogP contribution in [0.1, 0.15) is 53.9 Å². The number of rotatable bonds is 3. The Morgan fingerprint density at radius 1 is 1.17 bits per heavy atom. The molecule has 3 N–H and O–H groups in total. The molecule has 3 aliphatic rings. The maximum Gasteiger partial charge on any atom is 0.302 e. The van der Waals surface area contributed by atoms with Gasteiger partial charge in [0.2, 0.25) is 5.78 Å². The van der Waals surface area contributed by atoms with Crippen molar-refractivity contribution in [2.45, 2.75) is 66.1 Å². The van der Waals surface area contributed by atoms with Gasteiger partial charge in [-0.15, -0.1) is 0 Å². The van der Waals surface area contributed by atoms with E-state index in [2.05, 4.69) is 0 Å². The number of allylic oxidation sites excluding steroid dienone is 1. The number of Topliss-reactive ketones (excluding diaryl/α,β-unsaturated/α-hetero) is 2. The molecule has 0 spiro atoms. The van der Waals surface area contributed by atoms with Crippen LogP contribution in [-0.4, -0.2) is 51.7 Å². The Morgan fingerprint density at radius 3 is 2.38 bits per heavy atom. The number of ether oxygens (including phenoxy) is 1. The standard InChI is InChI=1S/C22H30O7/c1-10(9-29-11(2)23)12-15(24)13-14(18(27)16(12)25)22(5)8-6-7-21(3,4)20(22)19(28)17(13)26/h10,17,19-20,25-26,28H,6-9H2,1-5H3/t10?,17-,19+,20?,22+/m0/s1. The predicted octanol–water partition coefficient (Wildman–Crippen LogP) is 2.01. The Balaban J connectivity index is 2.12. The van der Waals surface area contributed by atoms with Crippen LogP contribution in [0.2, 0.25) is 0 Å². The van der Waals surface area contributed by atoms with Crippen LogP contribution in [0.3, 0.4) is 0 Å². The van der Waals surface area contributed by atoms with Crippen LogP contribution in [0.5, 0.6) is 0 Å². The van der Waals surface area contributed by atoms with Crippen molar-refractivity contribution in [2.24, 2.45) is 22.7 Å². The van der Waals surface area contributed by atoms with Crippen molar-refractivity contribution < 1.29 is 34.4 Å². The molecule has 160 valence electrons. The van der Waals surface area contributed by atoms with Gasteiger partial charge in [0, 0.05) is 35.3 Å². The number of aliphatic hydroxyl groups is 3. The number of carbonyl (C=O) groups excluding carboxylic acids is 3. The van der Waals surface area contributed by atoms with Gasteiger partial charge in [-0.25, -0.2) is 0 Å². The molecule has 0 bridgehead atoms. The van der Waals surface area contributed by atoms with Gasteiger partial charge in [0.15, 0.2) is 11.5 Å². The fourth-order valence-electron chi connectivity index (χ4n) is 5.92. The van der Waals surface area contributed by atoms with Crippen molar-refractivity contribution in [1.82, 2.24) is 0 Å². The van der Waals surface area contributed by atoms with Crippen molar-refractivity contribution >= 4 is 17.5 Å². The molecule has 7 heteroatoms. The van der Waals surface area contributed by atoms with Crippen LogP contribution < -0.4 is 0 Å². The lowest BCUT2D eigenvalue weighted by atomic mass is 9.47. The minimum atomic E-state index is -1.51. The van der Waals surface area contributed by atoms with Gasteiger partial charge in [-0.3, -0.25) is 14.4 Å². The third-order valence-electron chi connectivity index (χ3n) is 7.06. The molecule has 0 aromatic rings. The van der Waals surface area contributed by atoms with E-state index in [0.717, 1.165) is 12.8 Å². The van der Waals surface area contributed by atoms with E-state index >= 15 is 0 Å². The van der Waals surface area contributed by atoms with Crippen LogP contribution in [0.15, 0.2) is 22.5 Å². The van der Waals surface area contributed by atoms with Crippen LogP contribution >= 0.6 is 0 Å². The molecule has 1 saturated carbocycles. The molecule has 3 aliphatic carbocycles. The van der Waals surface area contributed by atoms with Gasteiger partial charge >= 0.3 is 5.97 Å². The van der Waals surface area contributed by atoms with E-state index in [1.54, 1.807) is 6.92 Å². The second-order valence-electron chi connectivity index (χ2n) is 9.59. The normalized spacial score (nSPS) is 35.2. The van der Waals surface area contributed by atoms with Crippen molar-refractivity contribution in [2.75, 3.05) is 6.61 Å². The van der Waals surface area contributed by atoms with Gasteiger partial charge in [-0.1, -0.05) is 34.1 Å². The maximum absolute atomic E-state index is 13.3. The lowest BCUT2D eigenvalue weighted by Gasteiger charge is -2.57. The van der Waals surface area contributed by atoms with Crippen LogP contribution in [0.25, 0.3) is 0 Å². The Labute approximate surface area is 170 Å². The van der Waals surface area contributed by atoms with Gasteiger partial charge < -0.3 is 20.1 Å². The minimum absolute atomic E-state index is 0.124. The first-order chi connectivity index (χ1) is 13.3. The average molecular weight is 406 g/mol. The predicted molar refractivity (Wildman–Crippen MR) is 104 cm³/mol. The number of esters is 1. The summed E-state index contributed by atoms with van der Waals surface area (Å²) in [6.45, 7) is 8.44. The molecule has 1 fully saturated rings. The number of aliphatic hydroxyl groups excluding tert-OH is 3. The van der Waals surface area contributed by atoms with E-state index in [0.29, 0.717) is 6.42 Å². The second-order valence-corrected chi connectivity index (χ2v) is 9.59. The fourth-order valence-corrected chi connectivity index (χ4v) is 5.92. The second kappa shape index (κ2) is 7.06. The fraction of sp³-hybridized carbons (Fsp3) is 0.682. The first-order valence-electron chi connectivity index (χ1n) is 10.1. The summed E-state index contributed by atoms with van der Waals surface area (Å²) in [5.41, 5.74) is -1.36. The minimum Gasteiger partial charge on any atom is -0.504 e. The van der Waals surface area contributed by atoms with Crippen molar-refractivity contribution in [3.05, 3.63) is 22.5 Å². The number of carbonyl (C=O) groups is 3. The molecule has 3 rings (SSSR count). The number of hydrogen-bond donors (Lipinski definition) is 3. The Morgan fingerprint density at radius 2 is 1.79 bits per heavy atom. The molecule has 7 nitrogen and oxygen atoms in total. The molecular weight excluding hydrogens is 376 g/mol. The highest BCUT2D eigenvalue weighted by Crippen LogP contribution is 2.61. The van der Waals surface area contributed by atoms with Gasteiger partial charge in [0.1, 0.15) is 6.10 Å². The molecular formula is C22H30O7. The first kappa shape index (κ1) is 21.7. The summed E-state index contributed by atoms with van der Waals surface area (Å²) in [6, 6.07) is 0. The van der Waals surface area contributed by atoms with Gasteiger partial charge in [-0.05, 0) is 18.3 Å². The van der Waals surface area contributed by atoms with E-state index in [1.165, 1.54) is 6.92 Å². The van der Waals surface area contributed by atoms with E-state index in [9.17, 15) is 29.7 Å². The third kappa shape index (κ3) is 3.15. The molecule has 0 radical (unpaired) electrons. The van der Waals surface area contributed by atoms with Crippen molar-refractivity contribution in [1.29, 1.82) is 0 Å². The average Bonchev–Trinajstić information content (AvgIpc) is 2.60. The molecule has 0 amide bonds. The van der Waals surface area contributed by atoms with E-state index in [1.807, 2.05) is 20.8 Å². The summed E-state index contributed by atoms with van der Waals surface area (Å²) < 4.78 is 4.93. The highest BCUT2D eigenvalue weighted by atomic mass is 16.5. The summed E-state index contributed by atoms with van der Waals surface area (Å²) in [6.07, 6.45) is -0.499. The zero-order chi connectivity index (χ0) is 21.9. The lowest BCUT2D eigenvalue weighted by Crippen LogP contribution is -2.59. The van der Waals surface area contributed by atoms with Gasteiger partial charge in [-0.2, -0.15) is 0 Å². The molecule has 2 unspecified atom stereocenters. The van der Waals surface area contributed by atoms with E-state index < -0.39 is 52.8 Å². The molecule has 29 heavy (non-hydrogen) atoms. The highest BCUT2D eigenvalue weighted by Gasteiger charge is 2.61. The smallest absolute Gasteiger partial charge is 0.302 e. The molecule has 5 atom stereocenters. The summed E-state index contributed by atoms with van der Waals surface area (Å²) in [4.78, 5) is 37.7. The van der Waals surface area contributed by atoms with E-state index in [4.69, 9.17) is 4.74 Å².